The van der Waals surface area contributed by atoms with Crippen molar-refractivity contribution in [2.24, 2.45) is 5.84 Å². The Bertz CT molecular complexity index is 577. The van der Waals surface area contributed by atoms with Gasteiger partial charge < -0.3 is 4.74 Å². The molecule has 20 heavy (non-hydrogen) atoms. The van der Waals surface area contributed by atoms with E-state index >= 15 is 0 Å². The van der Waals surface area contributed by atoms with Gasteiger partial charge in [-0.3, -0.25) is 10.5 Å². The van der Waals surface area contributed by atoms with Crippen LogP contribution in [0.5, 0.6) is 5.75 Å². The third-order valence-electron chi connectivity index (χ3n) is 3.45. The standard InChI is InChI=1S/C15H22N4O/c1-10(2)19-15(13(20-4)9-17-19)14(18-16)12-8-6-5-7-11(12)3/h5-10,14,18H,16H2,1-4H3. The van der Waals surface area contributed by atoms with Crippen molar-refractivity contribution in [3.63, 3.8) is 0 Å². The van der Waals surface area contributed by atoms with Gasteiger partial charge in [0.1, 0.15) is 5.69 Å². The van der Waals surface area contributed by atoms with Crippen molar-refractivity contribution < 1.29 is 4.74 Å². The van der Waals surface area contributed by atoms with Crippen LogP contribution in [0.3, 0.4) is 0 Å². The highest BCUT2D eigenvalue weighted by Crippen LogP contribution is 2.32. The topological polar surface area (TPSA) is 65.1 Å². The van der Waals surface area contributed by atoms with E-state index in [1.54, 1.807) is 13.3 Å². The molecule has 0 spiro atoms. The number of nitrogens with one attached hydrogen (secondary N) is 1. The number of aryl methyl sites for hydroxylation is 1. The Kier molecular flexibility index (Phi) is 4.42. The van der Waals surface area contributed by atoms with Crippen molar-refractivity contribution in [3.8, 4) is 5.75 Å². The van der Waals surface area contributed by atoms with E-state index in [1.807, 2.05) is 16.8 Å². The molecule has 0 aliphatic rings. The molecule has 0 saturated carbocycles. The number of nitrogens with zero attached hydrogens (tertiary/aromatic N) is 2. The van der Waals surface area contributed by atoms with Gasteiger partial charge in [-0.2, -0.15) is 5.10 Å². The van der Waals surface area contributed by atoms with Gasteiger partial charge in [0, 0.05) is 6.04 Å². The third-order valence-corrected chi connectivity index (χ3v) is 3.45. The minimum absolute atomic E-state index is 0.156. The van der Waals surface area contributed by atoms with Crippen LogP contribution < -0.4 is 16.0 Å². The molecule has 0 fully saturated rings. The molecule has 1 aromatic carbocycles. The lowest BCUT2D eigenvalue weighted by molar-refractivity contribution is 0.394. The summed E-state index contributed by atoms with van der Waals surface area (Å²) in [6.45, 7) is 6.24. The lowest BCUT2D eigenvalue weighted by Gasteiger charge is -2.22. The normalized spacial score (nSPS) is 12.7. The maximum atomic E-state index is 5.81. The molecule has 5 nitrogen and oxygen atoms in total. The molecule has 2 aromatic rings. The summed E-state index contributed by atoms with van der Waals surface area (Å²) in [5, 5.41) is 4.41. The average molecular weight is 274 g/mol. The lowest BCUT2D eigenvalue weighted by Crippen LogP contribution is -2.32. The van der Waals surface area contributed by atoms with Gasteiger partial charge in [0.25, 0.3) is 0 Å². The van der Waals surface area contributed by atoms with Crippen molar-refractivity contribution in [2.75, 3.05) is 7.11 Å². The fourth-order valence-electron chi connectivity index (χ4n) is 2.43. The van der Waals surface area contributed by atoms with E-state index in [0.717, 1.165) is 17.0 Å². The molecule has 1 unspecified atom stereocenters. The predicted octanol–water partition coefficient (Wildman–Crippen LogP) is 2.33. The van der Waals surface area contributed by atoms with E-state index in [0.29, 0.717) is 0 Å². The second kappa shape index (κ2) is 6.07. The molecule has 5 heteroatoms. The summed E-state index contributed by atoms with van der Waals surface area (Å²) < 4.78 is 7.38. The van der Waals surface area contributed by atoms with E-state index in [2.05, 4.69) is 43.4 Å². The van der Waals surface area contributed by atoms with Crippen molar-refractivity contribution in [2.45, 2.75) is 32.9 Å². The number of hydrogen-bond acceptors (Lipinski definition) is 4. The van der Waals surface area contributed by atoms with E-state index in [4.69, 9.17) is 10.6 Å². The Morgan fingerprint density at radius 2 is 2.00 bits per heavy atom. The lowest BCUT2D eigenvalue weighted by atomic mass is 9.98. The smallest absolute Gasteiger partial charge is 0.161 e. The second-order valence-electron chi connectivity index (χ2n) is 5.09. The number of aromatic nitrogens is 2. The molecule has 0 saturated heterocycles. The summed E-state index contributed by atoms with van der Waals surface area (Å²) >= 11 is 0. The molecule has 0 aliphatic heterocycles. The monoisotopic (exact) mass is 274 g/mol. The predicted molar refractivity (Wildman–Crippen MR) is 79.5 cm³/mol. The molecule has 0 aliphatic carbocycles. The zero-order valence-corrected chi connectivity index (χ0v) is 12.4. The molecule has 0 radical (unpaired) electrons. The average Bonchev–Trinajstić information content (AvgIpc) is 2.86. The van der Waals surface area contributed by atoms with Gasteiger partial charge in [0.2, 0.25) is 0 Å². The van der Waals surface area contributed by atoms with Crippen LogP contribution in [0.1, 0.15) is 42.8 Å². The minimum atomic E-state index is -0.156. The Morgan fingerprint density at radius 1 is 1.30 bits per heavy atom. The van der Waals surface area contributed by atoms with Gasteiger partial charge in [-0.25, -0.2) is 5.43 Å². The van der Waals surface area contributed by atoms with Crippen LogP contribution in [0, 0.1) is 6.92 Å². The summed E-state index contributed by atoms with van der Waals surface area (Å²) in [5.41, 5.74) is 6.13. The Hall–Kier alpha value is -1.85. The highest BCUT2D eigenvalue weighted by molar-refractivity contribution is 5.40. The number of rotatable bonds is 5. The van der Waals surface area contributed by atoms with E-state index < -0.39 is 0 Å². The zero-order valence-electron chi connectivity index (χ0n) is 12.4. The quantitative estimate of drug-likeness (QED) is 0.649. The first-order chi connectivity index (χ1) is 9.60. The first-order valence-electron chi connectivity index (χ1n) is 6.73. The molecular formula is C15H22N4O. The highest BCUT2D eigenvalue weighted by Gasteiger charge is 2.24. The van der Waals surface area contributed by atoms with Crippen LogP contribution in [0.15, 0.2) is 30.5 Å². The fraction of sp³-hybridized carbons (Fsp3) is 0.400. The number of nitrogens with two attached hydrogens (primary N) is 1. The number of hydrazine groups is 1. The molecule has 0 amide bonds. The summed E-state index contributed by atoms with van der Waals surface area (Å²) in [4.78, 5) is 0. The SMILES string of the molecule is COc1cnn(C(C)C)c1C(NN)c1ccccc1C. The zero-order chi connectivity index (χ0) is 14.7. The Balaban J connectivity index is 2.57. The summed E-state index contributed by atoms with van der Waals surface area (Å²) in [6.07, 6.45) is 1.73. The summed E-state index contributed by atoms with van der Waals surface area (Å²) in [5.74, 6) is 6.55. The molecule has 1 aromatic heterocycles. The molecule has 1 atom stereocenters. The van der Waals surface area contributed by atoms with Gasteiger partial charge in [0.05, 0.1) is 19.3 Å². The van der Waals surface area contributed by atoms with Crippen LogP contribution in [0.25, 0.3) is 0 Å². The van der Waals surface area contributed by atoms with Gasteiger partial charge in [-0.05, 0) is 31.9 Å². The van der Waals surface area contributed by atoms with Crippen LogP contribution in [0.2, 0.25) is 0 Å². The maximum absolute atomic E-state index is 5.81. The number of hydrogen-bond donors (Lipinski definition) is 2. The first kappa shape index (κ1) is 14.6. The first-order valence-corrected chi connectivity index (χ1v) is 6.73. The van der Waals surface area contributed by atoms with Crippen LogP contribution in [-0.4, -0.2) is 16.9 Å². The number of ether oxygens (including phenoxy) is 1. The van der Waals surface area contributed by atoms with Crippen LogP contribution in [0.4, 0.5) is 0 Å². The van der Waals surface area contributed by atoms with E-state index in [9.17, 15) is 0 Å². The van der Waals surface area contributed by atoms with Crippen molar-refractivity contribution in [1.82, 2.24) is 15.2 Å². The van der Waals surface area contributed by atoms with Crippen molar-refractivity contribution in [1.29, 1.82) is 0 Å². The van der Waals surface area contributed by atoms with E-state index in [1.165, 1.54) is 5.56 Å². The number of benzene rings is 1. The van der Waals surface area contributed by atoms with Crippen molar-refractivity contribution in [3.05, 3.63) is 47.3 Å². The molecule has 1 heterocycles. The molecule has 2 rings (SSSR count). The fourth-order valence-corrected chi connectivity index (χ4v) is 2.43. The van der Waals surface area contributed by atoms with E-state index in [-0.39, 0.29) is 12.1 Å². The van der Waals surface area contributed by atoms with Crippen molar-refractivity contribution >= 4 is 0 Å². The van der Waals surface area contributed by atoms with Gasteiger partial charge >= 0.3 is 0 Å². The van der Waals surface area contributed by atoms with Gasteiger partial charge in [-0.15, -0.1) is 0 Å². The van der Waals surface area contributed by atoms with Gasteiger partial charge in [-0.1, -0.05) is 24.3 Å². The van der Waals surface area contributed by atoms with Crippen LogP contribution in [-0.2, 0) is 0 Å². The maximum Gasteiger partial charge on any atom is 0.161 e. The second-order valence-corrected chi connectivity index (χ2v) is 5.09. The Labute approximate surface area is 119 Å². The molecule has 0 bridgehead atoms. The summed E-state index contributed by atoms with van der Waals surface area (Å²) in [7, 11) is 1.65. The summed E-state index contributed by atoms with van der Waals surface area (Å²) in [6, 6.07) is 8.24. The van der Waals surface area contributed by atoms with Gasteiger partial charge in [0.15, 0.2) is 5.75 Å². The number of methoxy groups -OCH3 is 1. The minimum Gasteiger partial charge on any atom is -0.493 e. The molecular weight excluding hydrogens is 252 g/mol. The molecule has 108 valence electrons. The van der Waals surface area contributed by atoms with Crippen LogP contribution >= 0.6 is 0 Å². The molecule has 3 N–H and O–H groups in total. The largest absolute Gasteiger partial charge is 0.493 e. The highest BCUT2D eigenvalue weighted by atomic mass is 16.5. The third kappa shape index (κ3) is 2.55. The Morgan fingerprint density at radius 3 is 2.55 bits per heavy atom.